The number of ether oxygens (including phenoxy) is 1. The molecule has 1 aliphatic heterocycles. The van der Waals surface area contributed by atoms with Gasteiger partial charge >= 0.3 is 0 Å². The van der Waals surface area contributed by atoms with Gasteiger partial charge in [0.2, 0.25) is 0 Å². The zero-order valence-electron chi connectivity index (χ0n) is 5.82. The molecule has 0 aliphatic carbocycles. The second-order valence-corrected chi connectivity index (χ2v) is 2.39. The van der Waals surface area contributed by atoms with Gasteiger partial charge in [0, 0.05) is 11.8 Å². The second-order valence-electron chi connectivity index (χ2n) is 2.39. The van der Waals surface area contributed by atoms with Crippen LogP contribution in [-0.2, 0) is 4.74 Å². The average molecular weight is 147 g/mol. The zero-order valence-corrected chi connectivity index (χ0v) is 5.82. The molecule has 2 rings (SSSR count). The van der Waals surface area contributed by atoms with Crippen molar-refractivity contribution >= 4 is 19.3 Å². The van der Waals surface area contributed by atoms with Gasteiger partial charge in [-0.25, -0.2) is 4.98 Å². The minimum atomic E-state index is 0.0445. The third-order valence-electron chi connectivity index (χ3n) is 1.49. The molecule has 1 unspecified atom stereocenters. The Morgan fingerprint density at radius 1 is 1.73 bits per heavy atom. The van der Waals surface area contributed by atoms with Gasteiger partial charge in [0.25, 0.3) is 0 Å². The maximum atomic E-state index is 5.53. The SMILES string of the molecule is [B]c1cnc(C2CO2)c(N)n1. The zero-order chi connectivity index (χ0) is 7.84. The van der Waals surface area contributed by atoms with Crippen molar-refractivity contribution in [3.8, 4) is 0 Å². The predicted molar refractivity (Wildman–Crippen MR) is 40.5 cm³/mol. The Balaban J connectivity index is 2.39. The molecule has 1 saturated heterocycles. The van der Waals surface area contributed by atoms with Crippen LogP contribution in [0.25, 0.3) is 0 Å². The lowest BCUT2D eigenvalue weighted by molar-refractivity contribution is 0.411. The molecule has 0 amide bonds. The number of hydrogen-bond donors (Lipinski definition) is 1. The minimum Gasteiger partial charge on any atom is -0.382 e. The first kappa shape index (κ1) is 6.60. The lowest BCUT2D eigenvalue weighted by atomic mass is 10.1. The molecular weight excluding hydrogens is 141 g/mol. The van der Waals surface area contributed by atoms with Gasteiger partial charge in [-0.15, -0.1) is 0 Å². The molecule has 0 spiro atoms. The van der Waals surface area contributed by atoms with Crippen LogP contribution in [0.15, 0.2) is 6.20 Å². The third-order valence-corrected chi connectivity index (χ3v) is 1.49. The maximum absolute atomic E-state index is 5.53. The summed E-state index contributed by atoms with van der Waals surface area (Å²) in [5, 5.41) is 0. The van der Waals surface area contributed by atoms with Gasteiger partial charge < -0.3 is 10.5 Å². The molecule has 1 aromatic heterocycles. The highest BCUT2D eigenvalue weighted by Gasteiger charge is 2.28. The number of aromatic nitrogens is 2. The van der Waals surface area contributed by atoms with Gasteiger partial charge in [0.15, 0.2) is 0 Å². The van der Waals surface area contributed by atoms with Crippen LogP contribution in [0.2, 0.25) is 0 Å². The lowest BCUT2D eigenvalue weighted by Crippen LogP contribution is -2.14. The van der Waals surface area contributed by atoms with E-state index in [1.807, 2.05) is 0 Å². The highest BCUT2D eigenvalue weighted by atomic mass is 16.6. The topological polar surface area (TPSA) is 64.3 Å². The summed E-state index contributed by atoms with van der Waals surface area (Å²) in [6.07, 6.45) is 1.52. The van der Waals surface area contributed by atoms with Gasteiger partial charge in [0.05, 0.1) is 6.61 Å². The molecule has 1 atom stereocenters. The Morgan fingerprint density at radius 2 is 2.45 bits per heavy atom. The fourth-order valence-corrected chi connectivity index (χ4v) is 0.881. The van der Waals surface area contributed by atoms with Crippen molar-refractivity contribution in [1.82, 2.24) is 9.97 Å². The first-order valence-electron chi connectivity index (χ1n) is 3.27. The number of nitrogens with two attached hydrogens (primary N) is 1. The fourth-order valence-electron chi connectivity index (χ4n) is 0.881. The summed E-state index contributed by atoms with van der Waals surface area (Å²) in [5.41, 5.74) is 6.56. The summed E-state index contributed by atoms with van der Waals surface area (Å²) in [4.78, 5) is 7.85. The molecule has 0 saturated carbocycles. The standard InChI is InChI=1S/C6H6BN3O/c7-4-1-9-5(3-2-11-3)6(8)10-4/h1,3H,2H2,(H2,8,10). The Bertz CT molecular complexity index is 287. The summed E-state index contributed by atoms with van der Waals surface area (Å²) < 4.78 is 4.99. The van der Waals surface area contributed by atoms with Gasteiger partial charge in [-0.1, -0.05) is 0 Å². The molecule has 1 aliphatic rings. The maximum Gasteiger partial charge on any atom is 0.147 e. The molecule has 4 nitrogen and oxygen atoms in total. The molecule has 2 radical (unpaired) electrons. The molecule has 1 fully saturated rings. The van der Waals surface area contributed by atoms with Crippen LogP contribution in [0.3, 0.4) is 0 Å². The van der Waals surface area contributed by atoms with Crippen molar-refractivity contribution < 1.29 is 4.74 Å². The smallest absolute Gasteiger partial charge is 0.147 e. The molecule has 54 valence electrons. The van der Waals surface area contributed by atoms with Crippen molar-refractivity contribution in [3.63, 3.8) is 0 Å². The minimum absolute atomic E-state index is 0.0445. The molecule has 2 N–H and O–H groups in total. The van der Waals surface area contributed by atoms with Crippen molar-refractivity contribution in [3.05, 3.63) is 11.9 Å². The highest BCUT2D eigenvalue weighted by molar-refractivity contribution is 6.30. The number of hydrogen-bond acceptors (Lipinski definition) is 4. The molecule has 0 bridgehead atoms. The molecule has 5 heteroatoms. The summed E-state index contributed by atoms with van der Waals surface area (Å²) >= 11 is 0. The van der Waals surface area contributed by atoms with Crippen LogP contribution >= 0.6 is 0 Å². The van der Waals surface area contributed by atoms with E-state index in [2.05, 4.69) is 9.97 Å². The van der Waals surface area contributed by atoms with E-state index in [1.165, 1.54) is 6.20 Å². The van der Waals surface area contributed by atoms with Crippen LogP contribution in [-0.4, -0.2) is 24.4 Å². The Hall–Kier alpha value is -1.10. The second kappa shape index (κ2) is 2.20. The van der Waals surface area contributed by atoms with Crippen LogP contribution < -0.4 is 11.3 Å². The Labute approximate surface area is 65.2 Å². The first-order chi connectivity index (χ1) is 5.27. The van der Waals surface area contributed by atoms with Crippen molar-refractivity contribution in [2.75, 3.05) is 12.3 Å². The normalized spacial score (nSPS) is 21.6. The van der Waals surface area contributed by atoms with E-state index in [0.29, 0.717) is 23.7 Å². The van der Waals surface area contributed by atoms with E-state index in [4.69, 9.17) is 18.3 Å². The predicted octanol–water partition coefficient (Wildman–Crippen LogP) is -1.08. The van der Waals surface area contributed by atoms with Gasteiger partial charge in [-0.2, -0.15) is 0 Å². The largest absolute Gasteiger partial charge is 0.382 e. The number of rotatable bonds is 1. The number of anilines is 1. The van der Waals surface area contributed by atoms with E-state index in [-0.39, 0.29) is 6.10 Å². The summed E-state index contributed by atoms with van der Waals surface area (Å²) in [5.74, 6) is 0.368. The Kier molecular flexibility index (Phi) is 1.32. The molecule has 11 heavy (non-hydrogen) atoms. The Morgan fingerprint density at radius 3 is 3.00 bits per heavy atom. The van der Waals surface area contributed by atoms with Crippen LogP contribution in [0.4, 0.5) is 5.82 Å². The van der Waals surface area contributed by atoms with Crippen molar-refractivity contribution in [2.24, 2.45) is 0 Å². The molecule has 0 aromatic carbocycles. The van der Waals surface area contributed by atoms with E-state index < -0.39 is 0 Å². The number of epoxide rings is 1. The van der Waals surface area contributed by atoms with Crippen molar-refractivity contribution in [2.45, 2.75) is 6.10 Å². The lowest BCUT2D eigenvalue weighted by Gasteiger charge is -1.99. The summed E-state index contributed by atoms with van der Waals surface area (Å²) in [6.45, 7) is 0.683. The molecule has 2 heterocycles. The molecular formula is C6H6BN3O. The van der Waals surface area contributed by atoms with Crippen molar-refractivity contribution in [1.29, 1.82) is 0 Å². The third kappa shape index (κ3) is 1.19. The number of nitrogen functional groups attached to an aromatic ring is 1. The van der Waals surface area contributed by atoms with Crippen LogP contribution in [0.1, 0.15) is 11.8 Å². The fraction of sp³-hybridized carbons (Fsp3) is 0.333. The van der Waals surface area contributed by atoms with Gasteiger partial charge in [-0.3, -0.25) is 4.98 Å². The van der Waals surface area contributed by atoms with E-state index in [1.54, 1.807) is 0 Å². The quantitative estimate of drug-likeness (QED) is 0.405. The van der Waals surface area contributed by atoms with E-state index in [9.17, 15) is 0 Å². The van der Waals surface area contributed by atoms with E-state index in [0.717, 1.165) is 0 Å². The van der Waals surface area contributed by atoms with Gasteiger partial charge in [0.1, 0.15) is 25.5 Å². The monoisotopic (exact) mass is 147 g/mol. The highest BCUT2D eigenvalue weighted by Crippen LogP contribution is 2.29. The number of nitrogens with zero attached hydrogens (tertiary/aromatic N) is 2. The molecule has 1 aromatic rings. The van der Waals surface area contributed by atoms with Gasteiger partial charge in [-0.05, 0) is 0 Å². The van der Waals surface area contributed by atoms with E-state index >= 15 is 0 Å². The van der Waals surface area contributed by atoms with Crippen LogP contribution in [0, 0.1) is 0 Å². The van der Waals surface area contributed by atoms with Crippen LogP contribution in [0.5, 0.6) is 0 Å². The average Bonchev–Trinajstić information content (AvgIpc) is 2.70. The summed E-state index contributed by atoms with van der Waals surface area (Å²) in [6, 6.07) is 0. The first-order valence-corrected chi connectivity index (χ1v) is 3.27. The summed E-state index contributed by atoms with van der Waals surface area (Å²) in [7, 11) is 5.35.